The van der Waals surface area contributed by atoms with Crippen LogP contribution in [0.1, 0.15) is 25.3 Å². The van der Waals surface area contributed by atoms with Gasteiger partial charge in [-0.15, -0.1) is 0 Å². The van der Waals surface area contributed by atoms with Crippen molar-refractivity contribution in [3.8, 4) is 5.75 Å². The lowest BCUT2D eigenvalue weighted by molar-refractivity contribution is -0.116. The summed E-state index contributed by atoms with van der Waals surface area (Å²) in [5.41, 5.74) is 5.39. The van der Waals surface area contributed by atoms with Gasteiger partial charge in [-0.1, -0.05) is 19.1 Å². The molecule has 1 aliphatic heterocycles. The summed E-state index contributed by atoms with van der Waals surface area (Å²) in [4.78, 5) is 36.6. The smallest absolute Gasteiger partial charge is 0.469 e. The maximum absolute atomic E-state index is 13.4. The average molecular weight is 604 g/mol. The number of carbonyl (C=O) groups is 1. The van der Waals surface area contributed by atoms with Crippen molar-refractivity contribution in [1.82, 2.24) is 14.7 Å². The van der Waals surface area contributed by atoms with Crippen LogP contribution in [-0.2, 0) is 27.0 Å². The molecule has 1 aromatic heterocycles. The van der Waals surface area contributed by atoms with E-state index >= 15 is 0 Å². The first-order valence-electron chi connectivity index (χ1n) is 13.5. The second-order valence-electron chi connectivity index (χ2n) is 9.55. The largest absolute Gasteiger partial charge is 0.493 e. The quantitative estimate of drug-likeness (QED) is 0.141. The molecular formula is C27H35FN7O6P. The molecule has 4 rings (SSSR count). The van der Waals surface area contributed by atoms with Crippen molar-refractivity contribution in [2.45, 2.75) is 32.9 Å². The molecule has 0 aliphatic carbocycles. The van der Waals surface area contributed by atoms with E-state index in [4.69, 9.17) is 14.5 Å². The molecule has 0 spiro atoms. The first-order chi connectivity index (χ1) is 20.2. The standard InChI is InChI=1S/C27H35FN7O6P/c1-2-10-33(13-15-41-42(37,38)39)11-4-14-40-24-8-7-21-18-29-20-35(25(21)17-24)32-26-9-12-34(31-26)19-27(36)30-23-6-3-5-22(28)16-23/h3,5-9,12,16-17,20H,2,4,10-11,13-15,18-19H2,1H3,(H,30,36)(H,31,32)(H2,37,38,39). The minimum Gasteiger partial charge on any atom is -0.493 e. The summed E-state index contributed by atoms with van der Waals surface area (Å²) in [5.74, 6) is 0.410. The molecule has 15 heteroatoms. The number of halogens is 1. The van der Waals surface area contributed by atoms with Gasteiger partial charge in [0.1, 0.15) is 24.5 Å². The van der Waals surface area contributed by atoms with Crippen molar-refractivity contribution in [3.05, 3.63) is 66.1 Å². The van der Waals surface area contributed by atoms with Gasteiger partial charge in [0, 0.05) is 37.1 Å². The molecule has 2 aromatic carbocycles. The summed E-state index contributed by atoms with van der Waals surface area (Å²) in [7, 11) is -4.47. The third-order valence-corrected chi connectivity index (χ3v) is 6.68. The number of ether oxygens (including phenoxy) is 1. The van der Waals surface area contributed by atoms with Crippen LogP contribution in [0.5, 0.6) is 5.75 Å². The Labute approximate surface area is 243 Å². The molecule has 0 saturated heterocycles. The van der Waals surface area contributed by atoms with Gasteiger partial charge in [0.2, 0.25) is 5.91 Å². The molecule has 1 amide bonds. The molecule has 0 atom stereocenters. The number of amides is 1. The number of benzene rings is 2. The number of nitrogens with one attached hydrogen (secondary N) is 2. The zero-order valence-corrected chi connectivity index (χ0v) is 24.1. The average Bonchev–Trinajstić information content (AvgIpc) is 3.37. The number of phosphoric acid groups is 1. The third kappa shape index (κ3) is 9.93. The van der Waals surface area contributed by atoms with Crippen LogP contribution in [0.2, 0.25) is 0 Å². The van der Waals surface area contributed by atoms with E-state index in [1.54, 1.807) is 29.7 Å². The number of fused-ring (bicyclic) bond motifs is 1. The number of rotatable bonds is 16. The van der Waals surface area contributed by atoms with Gasteiger partial charge in [0.25, 0.3) is 0 Å². The number of aromatic nitrogens is 2. The maximum Gasteiger partial charge on any atom is 0.469 e. The number of hydrogen-bond donors (Lipinski definition) is 4. The zero-order valence-electron chi connectivity index (χ0n) is 23.2. The number of nitrogens with zero attached hydrogens (tertiary/aromatic N) is 5. The second-order valence-corrected chi connectivity index (χ2v) is 10.8. The predicted molar refractivity (Wildman–Crippen MR) is 157 cm³/mol. The summed E-state index contributed by atoms with van der Waals surface area (Å²) >= 11 is 0. The monoisotopic (exact) mass is 603 g/mol. The van der Waals surface area contributed by atoms with E-state index in [1.807, 2.05) is 25.1 Å². The van der Waals surface area contributed by atoms with Gasteiger partial charge in [0.15, 0.2) is 5.82 Å². The fourth-order valence-corrected chi connectivity index (χ4v) is 4.65. The summed E-state index contributed by atoms with van der Waals surface area (Å²) in [6.07, 6.45) is 4.95. The Bertz CT molecular complexity index is 1420. The van der Waals surface area contributed by atoms with Gasteiger partial charge in [-0.3, -0.25) is 24.4 Å². The zero-order chi connectivity index (χ0) is 30.0. The lowest BCUT2D eigenvalue weighted by atomic mass is 10.1. The summed E-state index contributed by atoms with van der Waals surface area (Å²) in [6, 6.07) is 13.2. The molecule has 0 fully saturated rings. The third-order valence-electron chi connectivity index (χ3n) is 6.16. The van der Waals surface area contributed by atoms with Crippen molar-refractivity contribution in [2.24, 2.45) is 4.99 Å². The Morgan fingerprint density at radius 3 is 2.79 bits per heavy atom. The van der Waals surface area contributed by atoms with E-state index in [2.05, 4.69) is 30.3 Å². The Balaban J connectivity index is 1.28. The van der Waals surface area contributed by atoms with Crippen LogP contribution in [0.4, 0.5) is 21.6 Å². The van der Waals surface area contributed by atoms with Gasteiger partial charge in [-0.2, -0.15) is 5.10 Å². The minimum atomic E-state index is -4.47. The fraction of sp³-hybridized carbons (Fsp3) is 0.370. The van der Waals surface area contributed by atoms with Gasteiger partial charge < -0.3 is 24.7 Å². The Kier molecular flexibility index (Phi) is 11.0. The van der Waals surface area contributed by atoms with Crippen molar-refractivity contribution in [1.29, 1.82) is 0 Å². The van der Waals surface area contributed by atoms with Crippen LogP contribution >= 0.6 is 7.82 Å². The van der Waals surface area contributed by atoms with E-state index in [0.29, 0.717) is 43.5 Å². The highest BCUT2D eigenvalue weighted by Gasteiger charge is 2.17. The lowest BCUT2D eigenvalue weighted by Gasteiger charge is -2.26. The van der Waals surface area contributed by atoms with Crippen LogP contribution < -0.4 is 20.5 Å². The molecule has 0 saturated carbocycles. The molecule has 13 nitrogen and oxygen atoms in total. The molecular weight excluding hydrogens is 568 g/mol. The van der Waals surface area contributed by atoms with Gasteiger partial charge >= 0.3 is 7.82 Å². The van der Waals surface area contributed by atoms with Crippen LogP contribution in [0, 0.1) is 5.82 Å². The molecule has 0 unspecified atom stereocenters. The highest BCUT2D eigenvalue weighted by molar-refractivity contribution is 7.46. The van der Waals surface area contributed by atoms with Crippen molar-refractivity contribution < 1.29 is 32.8 Å². The Hall–Kier alpha value is -3.81. The predicted octanol–water partition coefficient (Wildman–Crippen LogP) is 3.63. The summed E-state index contributed by atoms with van der Waals surface area (Å²) in [5, 5.41) is 8.78. The number of anilines is 3. The van der Waals surface area contributed by atoms with Crippen LogP contribution in [0.25, 0.3) is 0 Å². The highest BCUT2D eigenvalue weighted by Crippen LogP contribution is 2.35. The SMILES string of the molecule is CCCN(CCCOc1ccc2c(c1)N(Nc1ccn(CC(=O)Nc3cccc(F)c3)n1)C=NC2)CCOP(=O)(O)O. The lowest BCUT2D eigenvalue weighted by Crippen LogP contribution is -2.31. The number of carbonyl (C=O) groups excluding carboxylic acids is 1. The highest BCUT2D eigenvalue weighted by atomic mass is 31.2. The normalized spacial score (nSPS) is 12.8. The molecule has 3 aromatic rings. The molecule has 226 valence electrons. The summed E-state index contributed by atoms with van der Waals surface area (Å²) < 4.78 is 36.3. The molecule has 1 aliphatic rings. The molecule has 42 heavy (non-hydrogen) atoms. The Morgan fingerprint density at radius 1 is 1.14 bits per heavy atom. The van der Waals surface area contributed by atoms with Gasteiger partial charge in [-0.05, 0) is 49.2 Å². The maximum atomic E-state index is 13.4. The number of hydrogen-bond acceptors (Lipinski definition) is 9. The molecule has 4 N–H and O–H groups in total. The topological polar surface area (TPSA) is 154 Å². The fourth-order valence-electron chi connectivity index (χ4n) is 4.33. The van der Waals surface area contributed by atoms with Crippen molar-refractivity contribution in [3.63, 3.8) is 0 Å². The van der Waals surface area contributed by atoms with Crippen molar-refractivity contribution in [2.75, 3.05) is 48.6 Å². The first kappa shape index (κ1) is 31.1. The number of hydrazine groups is 1. The second kappa shape index (κ2) is 14.9. The minimum absolute atomic E-state index is 0.0410. The van der Waals surface area contributed by atoms with E-state index in [0.717, 1.165) is 30.6 Å². The first-order valence-corrected chi connectivity index (χ1v) is 15.0. The van der Waals surface area contributed by atoms with E-state index in [9.17, 15) is 13.8 Å². The number of phosphoric ester groups is 1. The van der Waals surface area contributed by atoms with E-state index in [-0.39, 0.29) is 19.1 Å². The van der Waals surface area contributed by atoms with Crippen LogP contribution in [0.15, 0.2) is 59.7 Å². The van der Waals surface area contributed by atoms with E-state index < -0.39 is 13.6 Å². The van der Waals surface area contributed by atoms with Gasteiger partial charge in [-0.25, -0.2) is 14.0 Å². The van der Waals surface area contributed by atoms with Crippen LogP contribution in [-0.4, -0.2) is 69.6 Å². The van der Waals surface area contributed by atoms with Gasteiger partial charge in [0.05, 0.1) is 25.4 Å². The number of aliphatic imine (C=N–C) groups is 1. The molecule has 0 bridgehead atoms. The van der Waals surface area contributed by atoms with E-state index in [1.165, 1.54) is 22.9 Å². The van der Waals surface area contributed by atoms with Crippen LogP contribution in [0.3, 0.4) is 0 Å². The molecule has 0 radical (unpaired) electrons. The summed E-state index contributed by atoms with van der Waals surface area (Å²) in [6.45, 7) is 4.84. The Morgan fingerprint density at radius 2 is 2.00 bits per heavy atom. The van der Waals surface area contributed by atoms with Crippen molar-refractivity contribution >= 4 is 37.3 Å². The molecule has 2 heterocycles.